The van der Waals surface area contributed by atoms with Crippen molar-refractivity contribution >= 4 is 23.4 Å². The molecule has 0 fully saturated rings. The fourth-order valence-corrected chi connectivity index (χ4v) is 3.73. The zero-order chi connectivity index (χ0) is 21.8. The summed E-state index contributed by atoms with van der Waals surface area (Å²) in [5, 5.41) is 12.1. The molecule has 0 bridgehead atoms. The van der Waals surface area contributed by atoms with E-state index in [0.717, 1.165) is 30.8 Å². The number of anilines is 3. The van der Waals surface area contributed by atoms with Gasteiger partial charge in [-0.25, -0.2) is 14.8 Å². The molecule has 1 atom stereocenters. The van der Waals surface area contributed by atoms with Crippen LogP contribution in [0.25, 0.3) is 11.3 Å². The van der Waals surface area contributed by atoms with Gasteiger partial charge in [0.25, 0.3) is 0 Å². The predicted octanol–water partition coefficient (Wildman–Crippen LogP) is 4.07. The number of hydrogen-bond acceptors (Lipinski definition) is 6. The average molecular weight is 413 g/mol. The van der Waals surface area contributed by atoms with Crippen LogP contribution in [0.5, 0.6) is 0 Å². The van der Waals surface area contributed by atoms with E-state index in [1.54, 1.807) is 23.2 Å². The van der Waals surface area contributed by atoms with Crippen molar-refractivity contribution in [2.24, 2.45) is 0 Å². The van der Waals surface area contributed by atoms with Crippen LogP contribution in [0.2, 0.25) is 0 Å². The molecule has 4 rings (SSSR count). The van der Waals surface area contributed by atoms with E-state index >= 15 is 0 Å². The van der Waals surface area contributed by atoms with Crippen LogP contribution in [0.1, 0.15) is 25.8 Å². The Morgan fingerprint density at radius 3 is 2.90 bits per heavy atom. The summed E-state index contributed by atoms with van der Waals surface area (Å²) in [7, 11) is 0. The van der Waals surface area contributed by atoms with E-state index in [1.165, 1.54) is 12.4 Å². The van der Waals surface area contributed by atoms with Crippen LogP contribution in [-0.4, -0.2) is 40.1 Å². The Morgan fingerprint density at radius 2 is 2.16 bits per heavy atom. The second-order valence-electron chi connectivity index (χ2n) is 7.34. The van der Waals surface area contributed by atoms with E-state index in [9.17, 15) is 10.1 Å². The van der Waals surface area contributed by atoms with Crippen molar-refractivity contribution in [3.63, 3.8) is 0 Å². The minimum Gasteiger partial charge on any atom is -0.369 e. The smallest absolute Gasteiger partial charge is 0.329 e. The lowest BCUT2D eigenvalue weighted by molar-refractivity contribution is 0.255. The third-order valence-corrected chi connectivity index (χ3v) is 5.37. The van der Waals surface area contributed by atoms with E-state index in [2.05, 4.69) is 33.2 Å². The lowest BCUT2D eigenvalue weighted by Gasteiger charge is -2.28. The minimum absolute atomic E-state index is 0.0693. The molecule has 1 aromatic carbocycles. The van der Waals surface area contributed by atoms with Gasteiger partial charge in [-0.2, -0.15) is 5.26 Å². The highest BCUT2D eigenvalue weighted by Gasteiger charge is 2.31. The van der Waals surface area contributed by atoms with Crippen molar-refractivity contribution in [3.8, 4) is 17.3 Å². The predicted molar refractivity (Wildman–Crippen MR) is 120 cm³/mol. The molecule has 0 saturated carbocycles. The Balaban J connectivity index is 1.79. The molecule has 0 spiro atoms. The molecule has 1 aliphatic heterocycles. The normalized spacial score (nSPS) is 15.6. The van der Waals surface area contributed by atoms with Gasteiger partial charge in [0.1, 0.15) is 0 Å². The first-order valence-corrected chi connectivity index (χ1v) is 10.2. The first-order chi connectivity index (χ1) is 15.1. The molecule has 0 saturated heterocycles. The molecular formula is C23H23N7O. The topological polar surface area (TPSA) is 98.0 Å². The van der Waals surface area contributed by atoms with E-state index in [-0.39, 0.29) is 12.1 Å². The molecule has 0 aliphatic carbocycles. The Kier molecular flexibility index (Phi) is 5.76. The summed E-state index contributed by atoms with van der Waals surface area (Å²) in [5.74, 6) is 0.976. The number of urea groups is 1. The highest BCUT2D eigenvalue weighted by atomic mass is 16.2. The number of rotatable bonds is 3. The Bertz CT molecular complexity index is 1130. The summed E-state index contributed by atoms with van der Waals surface area (Å²) >= 11 is 0. The molecule has 31 heavy (non-hydrogen) atoms. The molecular weight excluding hydrogens is 390 g/mol. The summed E-state index contributed by atoms with van der Waals surface area (Å²) in [6.45, 7) is 5.74. The van der Waals surface area contributed by atoms with Gasteiger partial charge in [0.05, 0.1) is 29.2 Å². The number of carbonyl (C=O) groups is 1. The SMILES string of the molecule is CCN1CC[C@@H](C)N(C(=O)Nc2cnccn2)c2nc(-c3cccc(C#N)c3)ccc21. The summed E-state index contributed by atoms with van der Waals surface area (Å²) in [6, 6.07) is 13.0. The van der Waals surface area contributed by atoms with Crippen LogP contribution in [0, 0.1) is 11.3 Å². The van der Waals surface area contributed by atoms with Gasteiger partial charge in [-0.05, 0) is 44.5 Å². The van der Waals surface area contributed by atoms with E-state index < -0.39 is 0 Å². The van der Waals surface area contributed by atoms with Gasteiger partial charge >= 0.3 is 6.03 Å². The van der Waals surface area contributed by atoms with E-state index in [4.69, 9.17) is 4.98 Å². The van der Waals surface area contributed by atoms with Crippen molar-refractivity contribution in [2.75, 3.05) is 28.2 Å². The number of nitrogens with one attached hydrogen (secondary N) is 1. The first-order valence-electron chi connectivity index (χ1n) is 10.2. The maximum Gasteiger partial charge on any atom is 0.329 e. The van der Waals surface area contributed by atoms with Crippen LogP contribution in [0.15, 0.2) is 55.0 Å². The van der Waals surface area contributed by atoms with Gasteiger partial charge in [0.15, 0.2) is 11.6 Å². The number of benzene rings is 1. The third-order valence-electron chi connectivity index (χ3n) is 5.37. The van der Waals surface area contributed by atoms with Gasteiger partial charge < -0.3 is 4.90 Å². The van der Waals surface area contributed by atoms with Crippen molar-refractivity contribution in [1.29, 1.82) is 5.26 Å². The van der Waals surface area contributed by atoms with Crippen LogP contribution in [0.4, 0.5) is 22.1 Å². The second-order valence-corrected chi connectivity index (χ2v) is 7.34. The molecule has 1 aliphatic rings. The molecule has 8 nitrogen and oxygen atoms in total. The molecule has 1 N–H and O–H groups in total. The fraction of sp³-hybridized carbons (Fsp3) is 0.261. The largest absolute Gasteiger partial charge is 0.369 e. The van der Waals surface area contributed by atoms with E-state index in [1.807, 2.05) is 31.2 Å². The number of nitriles is 1. The van der Waals surface area contributed by atoms with Crippen molar-refractivity contribution in [2.45, 2.75) is 26.3 Å². The number of aromatic nitrogens is 3. The molecule has 0 radical (unpaired) electrons. The standard InChI is InChI=1S/C23H23N7O/c1-3-29-12-9-16(2)30(23(31)28-21-15-25-10-11-26-21)22-20(29)8-7-19(27-22)18-6-4-5-17(13-18)14-24/h4-8,10-11,13,15-16H,3,9,12H2,1-2H3,(H,26,28,31)/t16-/m1/s1. The minimum atomic E-state index is -0.303. The molecule has 156 valence electrons. The Morgan fingerprint density at radius 1 is 1.29 bits per heavy atom. The molecule has 2 amide bonds. The van der Waals surface area contributed by atoms with Crippen LogP contribution in [-0.2, 0) is 0 Å². The van der Waals surface area contributed by atoms with E-state index in [0.29, 0.717) is 22.9 Å². The van der Waals surface area contributed by atoms with Crippen LogP contribution >= 0.6 is 0 Å². The maximum absolute atomic E-state index is 13.3. The highest BCUT2D eigenvalue weighted by Crippen LogP contribution is 2.35. The summed E-state index contributed by atoms with van der Waals surface area (Å²) in [5.41, 5.74) is 3.01. The van der Waals surface area contributed by atoms with Gasteiger partial charge in [-0.1, -0.05) is 12.1 Å². The number of pyridine rings is 1. The number of hydrogen-bond donors (Lipinski definition) is 1. The number of nitrogens with zero attached hydrogens (tertiary/aromatic N) is 6. The van der Waals surface area contributed by atoms with Gasteiger partial charge in [-0.15, -0.1) is 0 Å². The van der Waals surface area contributed by atoms with Gasteiger partial charge in [0.2, 0.25) is 0 Å². The number of fused-ring (bicyclic) bond motifs is 1. The molecule has 3 heterocycles. The van der Waals surface area contributed by atoms with Gasteiger partial charge in [0, 0.05) is 37.1 Å². The maximum atomic E-state index is 13.3. The summed E-state index contributed by atoms with van der Waals surface area (Å²) in [4.78, 5) is 30.3. The van der Waals surface area contributed by atoms with Crippen LogP contribution < -0.4 is 15.1 Å². The first kappa shape index (κ1) is 20.3. The Labute approximate surface area is 181 Å². The van der Waals surface area contributed by atoms with Crippen LogP contribution in [0.3, 0.4) is 0 Å². The second kappa shape index (κ2) is 8.79. The number of amides is 2. The van der Waals surface area contributed by atoms with Gasteiger partial charge in [-0.3, -0.25) is 15.2 Å². The summed E-state index contributed by atoms with van der Waals surface area (Å²) in [6.07, 6.45) is 5.41. The highest BCUT2D eigenvalue weighted by molar-refractivity contribution is 6.03. The summed E-state index contributed by atoms with van der Waals surface area (Å²) < 4.78 is 0. The fourth-order valence-electron chi connectivity index (χ4n) is 3.73. The Hall–Kier alpha value is -3.99. The lowest BCUT2D eigenvalue weighted by atomic mass is 10.1. The number of carbonyl (C=O) groups excluding carboxylic acids is 1. The molecule has 0 unspecified atom stereocenters. The molecule has 8 heteroatoms. The average Bonchev–Trinajstić information content (AvgIpc) is 2.94. The zero-order valence-corrected chi connectivity index (χ0v) is 17.5. The third kappa shape index (κ3) is 4.16. The van der Waals surface area contributed by atoms with Crippen molar-refractivity contribution < 1.29 is 4.79 Å². The quantitative estimate of drug-likeness (QED) is 0.695. The zero-order valence-electron chi connectivity index (χ0n) is 17.5. The van der Waals surface area contributed by atoms with Crippen molar-refractivity contribution in [1.82, 2.24) is 15.0 Å². The van der Waals surface area contributed by atoms with Crippen molar-refractivity contribution in [3.05, 3.63) is 60.6 Å². The molecule has 2 aromatic heterocycles. The lowest BCUT2D eigenvalue weighted by Crippen LogP contribution is -2.42. The monoisotopic (exact) mass is 413 g/mol. The molecule has 3 aromatic rings.